The molecule has 102 valence electrons. The number of nitrogens with one attached hydrogen (secondary N) is 1. The van der Waals surface area contributed by atoms with Crippen LogP contribution in [0, 0.1) is 9.49 Å². The van der Waals surface area contributed by atoms with Gasteiger partial charge >= 0.3 is 5.97 Å². The molecular weight excluding hydrogens is 357 g/mol. The highest BCUT2D eigenvalue weighted by molar-refractivity contribution is 14.1. The summed E-state index contributed by atoms with van der Waals surface area (Å²) in [7, 11) is 0. The third-order valence-corrected chi connectivity index (χ3v) is 4.12. The van der Waals surface area contributed by atoms with Crippen molar-refractivity contribution in [2.24, 2.45) is 5.92 Å². The van der Waals surface area contributed by atoms with Gasteiger partial charge < -0.3 is 10.1 Å². The molecule has 4 nitrogen and oxygen atoms in total. The van der Waals surface area contributed by atoms with E-state index in [0.29, 0.717) is 0 Å². The monoisotopic (exact) mass is 373 g/mol. The molecule has 0 saturated heterocycles. The van der Waals surface area contributed by atoms with Gasteiger partial charge in [0.2, 0.25) is 0 Å². The van der Waals surface area contributed by atoms with Crippen LogP contribution in [-0.4, -0.2) is 18.5 Å². The van der Waals surface area contributed by atoms with Crippen molar-refractivity contribution in [2.75, 3.05) is 11.9 Å². The molecule has 1 aliphatic rings. The Morgan fingerprint density at radius 3 is 2.63 bits per heavy atom. The highest BCUT2D eigenvalue weighted by Crippen LogP contribution is 2.25. The minimum Gasteiger partial charge on any atom is -0.455 e. The van der Waals surface area contributed by atoms with Crippen molar-refractivity contribution in [3.8, 4) is 0 Å². The van der Waals surface area contributed by atoms with Gasteiger partial charge in [-0.1, -0.05) is 25.0 Å². The van der Waals surface area contributed by atoms with Crippen LogP contribution in [0.2, 0.25) is 0 Å². The fourth-order valence-corrected chi connectivity index (χ4v) is 2.69. The average Bonchev–Trinajstić information content (AvgIpc) is 2.93. The maximum Gasteiger partial charge on any atom is 0.309 e. The van der Waals surface area contributed by atoms with Crippen LogP contribution < -0.4 is 5.32 Å². The van der Waals surface area contributed by atoms with Crippen LogP contribution in [0.4, 0.5) is 5.69 Å². The molecule has 0 unspecified atom stereocenters. The molecule has 1 aromatic rings. The summed E-state index contributed by atoms with van der Waals surface area (Å²) in [5.74, 6) is -0.546. The quantitative estimate of drug-likeness (QED) is 0.652. The van der Waals surface area contributed by atoms with E-state index in [-0.39, 0.29) is 24.4 Å². The number of carbonyl (C=O) groups is 2. The molecule has 1 saturated carbocycles. The molecule has 1 fully saturated rings. The molecule has 1 amide bonds. The molecule has 1 aliphatic carbocycles. The van der Waals surface area contributed by atoms with Crippen molar-refractivity contribution in [1.82, 2.24) is 0 Å². The Morgan fingerprint density at radius 1 is 1.26 bits per heavy atom. The van der Waals surface area contributed by atoms with E-state index in [4.69, 9.17) is 4.74 Å². The Labute approximate surface area is 126 Å². The largest absolute Gasteiger partial charge is 0.455 e. The zero-order valence-electron chi connectivity index (χ0n) is 10.5. The second-order valence-corrected chi connectivity index (χ2v) is 5.78. The van der Waals surface area contributed by atoms with E-state index in [1.165, 1.54) is 0 Å². The van der Waals surface area contributed by atoms with Crippen molar-refractivity contribution < 1.29 is 14.3 Å². The molecule has 19 heavy (non-hydrogen) atoms. The maximum absolute atomic E-state index is 11.7. The molecule has 0 spiro atoms. The molecule has 1 aromatic carbocycles. The Kier molecular flexibility index (Phi) is 5.18. The van der Waals surface area contributed by atoms with E-state index >= 15 is 0 Å². The lowest BCUT2D eigenvalue weighted by molar-refractivity contribution is -0.151. The van der Waals surface area contributed by atoms with Gasteiger partial charge in [0.25, 0.3) is 5.91 Å². The van der Waals surface area contributed by atoms with E-state index in [2.05, 4.69) is 27.9 Å². The number of anilines is 1. The van der Waals surface area contributed by atoms with E-state index in [0.717, 1.165) is 34.9 Å². The van der Waals surface area contributed by atoms with Crippen molar-refractivity contribution in [2.45, 2.75) is 25.7 Å². The molecule has 1 N–H and O–H groups in total. The third-order valence-electron chi connectivity index (χ3n) is 3.18. The summed E-state index contributed by atoms with van der Waals surface area (Å²) in [6.45, 7) is -0.208. The first-order valence-electron chi connectivity index (χ1n) is 6.38. The SMILES string of the molecule is O=C(COC(=O)C1CCCC1)Nc1ccccc1I. The first-order chi connectivity index (χ1) is 9.16. The van der Waals surface area contributed by atoms with Crippen LogP contribution in [0.3, 0.4) is 0 Å². The van der Waals surface area contributed by atoms with E-state index in [1.54, 1.807) is 0 Å². The fourth-order valence-electron chi connectivity index (χ4n) is 2.16. The highest BCUT2D eigenvalue weighted by Gasteiger charge is 2.24. The van der Waals surface area contributed by atoms with Crippen LogP contribution in [0.5, 0.6) is 0 Å². The van der Waals surface area contributed by atoms with Gasteiger partial charge in [0.15, 0.2) is 6.61 Å². The van der Waals surface area contributed by atoms with Crippen LogP contribution in [0.1, 0.15) is 25.7 Å². The van der Waals surface area contributed by atoms with Gasteiger partial charge in [-0.25, -0.2) is 0 Å². The first kappa shape index (κ1) is 14.3. The summed E-state index contributed by atoms with van der Waals surface area (Å²) in [4.78, 5) is 23.4. The zero-order chi connectivity index (χ0) is 13.7. The summed E-state index contributed by atoms with van der Waals surface area (Å²) in [5, 5.41) is 2.73. The van der Waals surface area contributed by atoms with Gasteiger partial charge in [0.05, 0.1) is 11.6 Å². The minimum atomic E-state index is -0.296. The summed E-state index contributed by atoms with van der Waals surface area (Å²) in [6.07, 6.45) is 3.93. The van der Waals surface area contributed by atoms with E-state index in [9.17, 15) is 9.59 Å². The van der Waals surface area contributed by atoms with Crippen LogP contribution in [0.15, 0.2) is 24.3 Å². The summed E-state index contributed by atoms with van der Waals surface area (Å²) in [6, 6.07) is 7.47. The smallest absolute Gasteiger partial charge is 0.309 e. The molecule has 2 rings (SSSR count). The van der Waals surface area contributed by atoms with Gasteiger partial charge in [-0.15, -0.1) is 0 Å². The van der Waals surface area contributed by atoms with Crippen molar-refractivity contribution in [3.05, 3.63) is 27.8 Å². The van der Waals surface area contributed by atoms with Gasteiger partial charge in [-0.05, 0) is 47.6 Å². The lowest BCUT2D eigenvalue weighted by Crippen LogP contribution is -2.24. The van der Waals surface area contributed by atoms with Gasteiger partial charge in [-0.3, -0.25) is 9.59 Å². The van der Waals surface area contributed by atoms with Gasteiger partial charge in [-0.2, -0.15) is 0 Å². The van der Waals surface area contributed by atoms with Crippen LogP contribution in [0.25, 0.3) is 0 Å². The molecule has 5 heteroatoms. The number of carbonyl (C=O) groups excluding carboxylic acids is 2. The Hall–Kier alpha value is -1.11. The number of rotatable bonds is 4. The maximum atomic E-state index is 11.7. The fraction of sp³-hybridized carbons (Fsp3) is 0.429. The Morgan fingerprint density at radius 2 is 1.95 bits per heavy atom. The lowest BCUT2D eigenvalue weighted by atomic mass is 10.1. The molecule has 0 bridgehead atoms. The number of halogens is 1. The summed E-state index contributed by atoms with van der Waals surface area (Å²) < 4.78 is 6.00. The third kappa shape index (κ3) is 4.19. The number of hydrogen-bond acceptors (Lipinski definition) is 3. The van der Waals surface area contributed by atoms with E-state index < -0.39 is 0 Å². The zero-order valence-corrected chi connectivity index (χ0v) is 12.7. The number of ether oxygens (including phenoxy) is 1. The normalized spacial score (nSPS) is 15.2. The highest BCUT2D eigenvalue weighted by atomic mass is 127. The number of para-hydroxylation sites is 1. The standard InChI is InChI=1S/C14H16INO3/c15-11-7-3-4-8-12(11)16-13(17)9-19-14(18)10-5-1-2-6-10/h3-4,7-8,10H,1-2,5-6,9H2,(H,16,17). The molecule has 0 heterocycles. The number of hydrogen-bond donors (Lipinski definition) is 1. The number of esters is 1. The van der Waals surface area contributed by atoms with Crippen molar-refractivity contribution in [1.29, 1.82) is 0 Å². The Balaban J connectivity index is 1.78. The minimum absolute atomic E-state index is 0.00957. The molecule has 0 aliphatic heterocycles. The van der Waals surface area contributed by atoms with Gasteiger partial charge in [0, 0.05) is 3.57 Å². The predicted molar refractivity (Wildman–Crippen MR) is 80.7 cm³/mol. The summed E-state index contributed by atoms with van der Waals surface area (Å²) in [5.41, 5.74) is 0.741. The molecule has 0 radical (unpaired) electrons. The number of amides is 1. The predicted octanol–water partition coefficient (Wildman–Crippen LogP) is 2.96. The molecule has 0 aromatic heterocycles. The average molecular weight is 373 g/mol. The van der Waals surface area contributed by atoms with Crippen LogP contribution in [-0.2, 0) is 14.3 Å². The Bertz CT molecular complexity index is 470. The lowest BCUT2D eigenvalue weighted by Gasteiger charge is -2.10. The molecule has 0 atom stereocenters. The van der Waals surface area contributed by atoms with Gasteiger partial charge in [0.1, 0.15) is 0 Å². The second-order valence-electron chi connectivity index (χ2n) is 4.62. The van der Waals surface area contributed by atoms with Crippen molar-refractivity contribution in [3.63, 3.8) is 0 Å². The topological polar surface area (TPSA) is 55.4 Å². The first-order valence-corrected chi connectivity index (χ1v) is 7.45. The summed E-state index contributed by atoms with van der Waals surface area (Å²) >= 11 is 2.14. The number of benzene rings is 1. The van der Waals surface area contributed by atoms with Crippen LogP contribution >= 0.6 is 22.6 Å². The van der Waals surface area contributed by atoms with Crippen molar-refractivity contribution >= 4 is 40.2 Å². The van der Waals surface area contributed by atoms with E-state index in [1.807, 2.05) is 24.3 Å². The second kappa shape index (κ2) is 6.88. The molecular formula is C14H16INO3.